The van der Waals surface area contributed by atoms with Crippen LogP contribution in [0, 0.1) is 30.9 Å². The molecule has 2 N–H and O–H groups in total. The highest BCUT2D eigenvalue weighted by Crippen LogP contribution is 2.44. The number of nitrogens with zero attached hydrogens (tertiary/aromatic N) is 4. The molecule has 2 fully saturated rings. The lowest BCUT2D eigenvalue weighted by Crippen LogP contribution is -2.59. The van der Waals surface area contributed by atoms with Crippen molar-refractivity contribution in [2.75, 3.05) is 53.3 Å². The fourth-order valence-electron chi connectivity index (χ4n) is 7.35. The van der Waals surface area contributed by atoms with E-state index in [0.717, 1.165) is 56.0 Å². The molecular formula is C40H36F2N6O4S. The van der Waals surface area contributed by atoms with Gasteiger partial charge in [0.25, 0.3) is 17.7 Å². The third-order valence-electron chi connectivity index (χ3n) is 10.2. The smallest absolute Gasteiger partial charge is 0.270 e. The van der Waals surface area contributed by atoms with E-state index >= 15 is 4.39 Å². The molecule has 3 aliphatic rings. The van der Waals surface area contributed by atoms with Crippen LogP contribution in [-0.4, -0.2) is 60.5 Å². The minimum atomic E-state index is -0.797. The van der Waals surface area contributed by atoms with E-state index in [0.29, 0.717) is 50.0 Å². The van der Waals surface area contributed by atoms with Gasteiger partial charge < -0.3 is 25.2 Å². The monoisotopic (exact) mass is 734 g/mol. The number of anilines is 4. The zero-order valence-electron chi connectivity index (χ0n) is 29.2. The molecule has 0 unspecified atom stereocenters. The van der Waals surface area contributed by atoms with Gasteiger partial charge in [-0.05, 0) is 87.2 Å². The Morgan fingerprint density at radius 2 is 1.68 bits per heavy atom. The van der Waals surface area contributed by atoms with Crippen LogP contribution >= 0.6 is 11.3 Å². The number of hydrogen-bond acceptors (Lipinski definition) is 8. The summed E-state index contributed by atoms with van der Waals surface area (Å²) in [6.07, 6.45) is 3.94. The van der Waals surface area contributed by atoms with E-state index in [-0.39, 0.29) is 40.9 Å². The first-order valence-corrected chi connectivity index (χ1v) is 18.3. The highest BCUT2D eigenvalue weighted by Gasteiger charge is 2.45. The lowest BCUT2D eigenvalue weighted by atomic mass is 9.73. The van der Waals surface area contributed by atoms with Gasteiger partial charge in [-0.25, -0.2) is 18.7 Å². The molecule has 53 heavy (non-hydrogen) atoms. The second kappa shape index (κ2) is 13.8. The van der Waals surface area contributed by atoms with Crippen LogP contribution in [0.2, 0.25) is 0 Å². The Morgan fingerprint density at radius 3 is 2.45 bits per heavy atom. The van der Waals surface area contributed by atoms with Gasteiger partial charge in [-0.1, -0.05) is 18.2 Å². The Morgan fingerprint density at radius 1 is 0.925 bits per heavy atom. The van der Waals surface area contributed by atoms with Gasteiger partial charge in [0.2, 0.25) is 0 Å². The Kier molecular flexibility index (Phi) is 8.99. The first-order chi connectivity index (χ1) is 25.6. The normalized spacial score (nSPS) is 15.9. The minimum Gasteiger partial charge on any atom is -0.381 e. The second-order valence-electron chi connectivity index (χ2n) is 13.9. The van der Waals surface area contributed by atoms with Gasteiger partial charge in [0.05, 0.1) is 11.3 Å². The first-order valence-electron chi connectivity index (χ1n) is 17.5. The largest absolute Gasteiger partial charge is 0.381 e. The fourth-order valence-corrected chi connectivity index (χ4v) is 8.50. The van der Waals surface area contributed by atoms with Crippen molar-refractivity contribution in [2.24, 2.45) is 5.41 Å². The molecule has 2 saturated heterocycles. The SMILES string of the molecule is Cc1cnc(N2CC3(CCOCC3)C2)c(C(=O)Nc2ccc(C(=O)N3CCc4c(sc(C(=O)Nc5nc(C)ccc5F)c4F)-c4ccccc43)cc2)c1. The summed E-state index contributed by atoms with van der Waals surface area (Å²) in [6.45, 7) is 6.92. The van der Waals surface area contributed by atoms with Crippen LogP contribution in [0.1, 0.15) is 60.1 Å². The number of carbonyl (C=O) groups excluding carboxylic acids is 3. The number of benzene rings is 2. The molecule has 2 aromatic carbocycles. The average Bonchev–Trinajstić information content (AvgIpc) is 3.38. The molecule has 13 heteroatoms. The molecular weight excluding hydrogens is 699 g/mol. The van der Waals surface area contributed by atoms with Crippen LogP contribution in [0.25, 0.3) is 10.4 Å². The molecule has 6 heterocycles. The molecule has 1 spiro atoms. The van der Waals surface area contributed by atoms with Crippen molar-refractivity contribution in [3.63, 3.8) is 0 Å². The molecule has 270 valence electrons. The van der Waals surface area contributed by atoms with Gasteiger partial charge in [0.1, 0.15) is 10.7 Å². The van der Waals surface area contributed by atoms with Gasteiger partial charge in [-0.3, -0.25) is 14.4 Å². The van der Waals surface area contributed by atoms with Gasteiger partial charge in [0, 0.05) is 77.4 Å². The van der Waals surface area contributed by atoms with Crippen LogP contribution < -0.4 is 20.4 Å². The summed E-state index contributed by atoms with van der Waals surface area (Å²) in [6, 6.07) is 18.4. The quantitative estimate of drug-likeness (QED) is 0.187. The molecule has 3 amide bonds. The van der Waals surface area contributed by atoms with Crippen molar-refractivity contribution in [3.05, 3.63) is 117 Å². The van der Waals surface area contributed by atoms with Crippen molar-refractivity contribution in [3.8, 4) is 10.4 Å². The number of halogens is 2. The second-order valence-corrected chi connectivity index (χ2v) is 14.9. The summed E-state index contributed by atoms with van der Waals surface area (Å²) in [7, 11) is 0. The molecule has 0 atom stereocenters. The van der Waals surface area contributed by atoms with E-state index < -0.39 is 17.5 Å². The third kappa shape index (κ3) is 6.55. The topological polar surface area (TPSA) is 117 Å². The Hall–Kier alpha value is -5.53. The van der Waals surface area contributed by atoms with Crippen molar-refractivity contribution in [2.45, 2.75) is 33.1 Å². The van der Waals surface area contributed by atoms with Crippen LogP contribution in [0.15, 0.2) is 72.9 Å². The maximum Gasteiger partial charge on any atom is 0.270 e. The van der Waals surface area contributed by atoms with E-state index in [1.807, 2.05) is 13.0 Å². The van der Waals surface area contributed by atoms with Crippen LogP contribution in [0.3, 0.4) is 0 Å². The molecule has 3 aliphatic heterocycles. The number of aryl methyl sites for hydroxylation is 2. The fraction of sp³-hybridized carbons (Fsp3) is 0.275. The summed E-state index contributed by atoms with van der Waals surface area (Å²) in [5.41, 5.74) is 4.48. The number of hydrogen-bond donors (Lipinski definition) is 2. The predicted molar refractivity (Wildman–Crippen MR) is 200 cm³/mol. The Labute approximate surface area is 308 Å². The summed E-state index contributed by atoms with van der Waals surface area (Å²) < 4.78 is 35.8. The van der Waals surface area contributed by atoms with Crippen molar-refractivity contribution >= 4 is 52.1 Å². The molecule has 10 nitrogen and oxygen atoms in total. The van der Waals surface area contributed by atoms with Gasteiger partial charge in [-0.2, -0.15) is 0 Å². The molecule has 8 rings (SSSR count). The lowest BCUT2D eigenvalue weighted by Gasteiger charge is -2.53. The minimum absolute atomic E-state index is 0.148. The van der Waals surface area contributed by atoms with Crippen LogP contribution in [0.4, 0.5) is 31.8 Å². The molecule has 5 aromatic rings. The number of pyridine rings is 2. The summed E-state index contributed by atoms with van der Waals surface area (Å²) in [5.74, 6) is -2.42. The van der Waals surface area contributed by atoms with E-state index in [4.69, 9.17) is 4.74 Å². The first kappa shape index (κ1) is 34.6. The molecule has 0 bridgehead atoms. The Balaban J connectivity index is 0.989. The molecule has 0 radical (unpaired) electrons. The number of nitrogens with one attached hydrogen (secondary N) is 2. The van der Waals surface area contributed by atoms with Gasteiger partial charge >= 0.3 is 0 Å². The van der Waals surface area contributed by atoms with E-state index in [9.17, 15) is 18.8 Å². The van der Waals surface area contributed by atoms with E-state index in [1.165, 1.54) is 12.1 Å². The third-order valence-corrected chi connectivity index (χ3v) is 11.4. The van der Waals surface area contributed by atoms with Crippen molar-refractivity contribution in [1.82, 2.24) is 9.97 Å². The van der Waals surface area contributed by atoms with E-state index in [2.05, 4.69) is 25.5 Å². The number of carbonyl (C=O) groups is 3. The number of thiophene rings is 1. The number of aromatic nitrogens is 2. The van der Waals surface area contributed by atoms with E-state index in [1.54, 1.807) is 66.6 Å². The lowest BCUT2D eigenvalue weighted by molar-refractivity contribution is -0.000511. The maximum absolute atomic E-state index is 15.9. The maximum atomic E-state index is 15.9. The van der Waals surface area contributed by atoms with Gasteiger partial charge in [-0.15, -0.1) is 11.3 Å². The highest BCUT2D eigenvalue weighted by atomic mass is 32.1. The number of ether oxygens (including phenoxy) is 1. The number of fused-ring (bicyclic) bond motifs is 3. The molecule has 0 saturated carbocycles. The van der Waals surface area contributed by atoms with Gasteiger partial charge in [0.15, 0.2) is 17.5 Å². The Bertz CT molecular complexity index is 2260. The zero-order valence-corrected chi connectivity index (χ0v) is 30.0. The summed E-state index contributed by atoms with van der Waals surface area (Å²) in [5, 5.41) is 5.38. The predicted octanol–water partition coefficient (Wildman–Crippen LogP) is 7.42. The van der Waals surface area contributed by atoms with Crippen LogP contribution in [0.5, 0.6) is 0 Å². The standard InChI is InChI=1S/C40H36F2N6O4S/c1-23-19-29(36(43-20-23)47-21-40(22-47)14-17-52-18-15-40)37(49)45-26-10-8-25(9-11-26)39(51)48-16-13-28-32(42)34(53-33(28)27-5-3-4-6-31(27)48)38(50)46-35-30(41)12-7-24(2)44-35/h3-12,19-20H,13-18,21-22H2,1-2H3,(H,45,49)(H,44,46,50). The average molecular weight is 735 g/mol. The van der Waals surface area contributed by atoms with Crippen molar-refractivity contribution < 1.29 is 27.9 Å². The summed E-state index contributed by atoms with van der Waals surface area (Å²) in [4.78, 5) is 53.5. The number of para-hydroxylation sites is 1. The molecule has 0 aliphatic carbocycles. The number of rotatable bonds is 6. The number of amides is 3. The van der Waals surface area contributed by atoms with Crippen molar-refractivity contribution in [1.29, 1.82) is 0 Å². The summed E-state index contributed by atoms with van der Waals surface area (Å²) >= 11 is 0.957. The zero-order chi connectivity index (χ0) is 36.9. The highest BCUT2D eigenvalue weighted by molar-refractivity contribution is 7.17. The molecule has 3 aromatic heterocycles. The van der Waals surface area contributed by atoms with Crippen LogP contribution in [-0.2, 0) is 11.2 Å².